The Kier molecular flexibility index (Phi) is 6.87. The molecule has 1 unspecified atom stereocenters. The average molecular weight is 382 g/mol. The molecule has 0 saturated carbocycles. The highest BCUT2D eigenvalue weighted by Gasteiger charge is 2.29. The quantitative estimate of drug-likeness (QED) is 0.561. The number of thioether (sulfide) groups is 1. The molecule has 2 saturated heterocycles. The van der Waals surface area contributed by atoms with Gasteiger partial charge in [-0.3, -0.25) is 4.99 Å². The maximum absolute atomic E-state index is 4.81. The van der Waals surface area contributed by atoms with Crippen LogP contribution in [-0.2, 0) is 6.42 Å². The van der Waals surface area contributed by atoms with Crippen molar-refractivity contribution < 1.29 is 0 Å². The summed E-state index contributed by atoms with van der Waals surface area (Å²) in [6, 6.07) is 0. The molecule has 0 spiro atoms. The molecule has 1 aromatic rings. The lowest BCUT2D eigenvalue weighted by Gasteiger charge is -2.21. The van der Waals surface area contributed by atoms with Crippen LogP contribution in [0.1, 0.15) is 45.2 Å². The fraction of sp³-hybridized carbons (Fsp3) is 0.778. The van der Waals surface area contributed by atoms with Crippen LogP contribution in [0.15, 0.2) is 10.4 Å². The molecule has 3 rings (SSSR count). The normalized spacial score (nSPS) is 24.1. The van der Waals surface area contributed by atoms with Gasteiger partial charge in [-0.25, -0.2) is 4.98 Å². The van der Waals surface area contributed by atoms with Crippen LogP contribution in [0.5, 0.6) is 0 Å². The number of nitrogens with zero attached hydrogens (tertiary/aromatic N) is 3. The van der Waals surface area contributed by atoms with Gasteiger partial charge in [-0.2, -0.15) is 11.8 Å². The SMILES string of the molecule is CCNC(=NCC1(C)CCCS1)NCCc1csc(N2CCCC2)n1. The predicted molar refractivity (Wildman–Crippen MR) is 111 cm³/mol. The highest BCUT2D eigenvalue weighted by Crippen LogP contribution is 2.37. The third-order valence-corrected chi connectivity index (χ3v) is 7.28. The van der Waals surface area contributed by atoms with Gasteiger partial charge in [-0.1, -0.05) is 0 Å². The molecule has 7 heteroatoms. The summed E-state index contributed by atoms with van der Waals surface area (Å²) in [4.78, 5) is 12.0. The molecule has 3 heterocycles. The number of rotatable bonds is 7. The maximum atomic E-state index is 4.81. The molecule has 1 aromatic heterocycles. The van der Waals surface area contributed by atoms with Gasteiger partial charge in [0.1, 0.15) is 0 Å². The zero-order valence-electron chi connectivity index (χ0n) is 15.5. The summed E-state index contributed by atoms with van der Waals surface area (Å²) in [6.45, 7) is 9.45. The number of aliphatic imine (C=N–C) groups is 1. The van der Waals surface area contributed by atoms with Crippen LogP contribution in [-0.4, -0.2) is 54.2 Å². The predicted octanol–water partition coefficient (Wildman–Crippen LogP) is 3.13. The Labute approximate surface area is 160 Å². The second-order valence-corrected chi connectivity index (χ2v) is 9.61. The van der Waals surface area contributed by atoms with E-state index in [1.54, 1.807) is 11.3 Å². The molecule has 0 radical (unpaired) electrons. The molecule has 25 heavy (non-hydrogen) atoms. The summed E-state index contributed by atoms with van der Waals surface area (Å²) in [5.74, 6) is 2.21. The Morgan fingerprint density at radius 2 is 2.16 bits per heavy atom. The Hall–Kier alpha value is -0.950. The second-order valence-electron chi connectivity index (χ2n) is 7.09. The zero-order valence-corrected chi connectivity index (χ0v) is 17.1. The number of aromatic nitrogens is 1. The fourth-order valence-electron chi connectivity index (χ4n) is 3.32. The lowest BCUT2D eigenvalue weighted by Crippen LogP contribution is -2.39. The van der Waals surface area contributed by atoms with E-state index in [9.17, 15) is 0 Å². The third-order valence-electron chi connectivity index (χ3n) is 4.81. The van der Waals surface area contributed by atoms with Crippen LogP contribution in [0.2, 0.25) is 0 Å². The minimum absolute atomic E-state index is 0.321. The fourth-order valence-corrected chi connectivity index (χ4v) is 5.46. The van der Waals surface area contributed by atoms with Gasteiger partial charge in [-0.15, -0.1) is 11.3 Å². The topological polar surface area (TPSA) is 52.6 Å². The number of hydrogen-bond donors (Lipinski definition) is 2. The van der Waals surface area contributed by atoms with Crippen molar-refractivity contribution in [2.75, 3.05) is 43.4 Å². The monoisotopic (exact) mass is 381 g/mol. The van der Waals surface area contributed by atoms with Crippen molar-refractivity contribution in [3.05, 3.63) is 11.1 Å². The first-order chi connectivity index (χ1) is 12.2. The van der Waals surface area contributed by atoms with E-state index < -0.39 is 0 Å². The van der Waals surface area contributed by atoms with Gasteiger partial charge in [0.15, 0.2) is 11.1 Å². The van der Waals surface area contributed by atoms with E-state index in [0.29, 0.717) is 4.75 Å². The largest absolute Gasteiger partial charge is 0.357 e. The number of anilines is 1. The van der Waals surface area contributed by atoms with Crippen LogP contribution in [0.3, 0.4) is 0 Å². The molecule has 2 fully saturated rings. The first kappa shape index (κ1) is 18.8. The van der Waals surface area contributed by atoms with E-state index in [4.69, 9.17) is 9.98 Å². The third kappa shape index (κ3) is 5.51. The van der Waals surface area contributed by atoms with Crippen LogP contribution in [0.4, 0.5) is 5.13 Å². The molecule has 0 bridgehead atoms. The molecule has 1 atom stereocenters. The molecule has 2 aliphatic rings. The van der Waals surface area contributed by atoms with Gasteiger partial charge in [0, 0.05) is 42.7 Å². The standard InChI is InChI=1S/C18H31N5S2/c1-3-19-16(21-14-18(2)8-6-12-25-18)20-9-7-15-13-24-17(22-15)23-10-4-5-11-23/h13H,3-12,14H2,1-2H3,(H2,19,20,21). The van der Waals surface area contributed by atoms with Gasteiger partial charge >= 0.3 is 0 Å². The van der Waals surface area contributed by atoms with E-state index in [-0.39, 0.29) is 0 Å². The average Bonchev–Trinajstić information content (AvgIpc) is 3.34. The summed E-state index contributed by atoms with van der Waals surface area (Å²) in [5, 5.41) is 10.2. The lowest BCUT2D eigenvalue weighted by atomic mass is 10.1. The van der Waals surface area contributed by atoms with Crippen LogP contribution in [0, 0.1) is 0 Å². The molecule has 0 aliphatic carbocycles. The van der Waals surface area contributed by atoms with Crippen molar-refractivity contribution in [1.82, 2.24) is 15.6 Å². The van der Waals surface area contributed by atoms with Crippen LogP contribution < -0.4 is 15.5 Å². The number of nitrogens with one attached hydrogen (secondary N) is 2. The van der Waals surface area contributed by atoms with Crippen molar-refractivity contribution in [3.63, 3.8) is 0 Å². The minimum atomic E-state index is 0.321. The Balaban J connectivity index is 1.46. The number of guanidine groups is 1. The second kappa shape index (κ2) is 9.12. The van der Waals surface area contributed by atoms with Gasteiger partial charge in [0.25, 0.3) is 0 Å². The van der Waals surface area contributed by atoms with Crippen LogP contribution >= 0.6 is 23.1 Å². The van der Waals surface area contributed by atoms with E-state index in [1.807, 2.05) is 0 Å². The Morgan fingerprint density at radius 3 is 2.88 bits per heavy atom. The van der Waals surface area contributed by atoms with Gasteiger partial charge in [0.05, 0.1) is 12.2 Å². The highest BCUT2D eigenvalue weighted by atomic mass is 32.2. The van der Waals surface area contributed by atoms with Crippen molar-refractivity contribution in [2.24, 2.45) is 4.99 Å². The van der Waals surface area contributed by atoms with Crippen molar-refractivity contribution in [1.29, 1.82) is 0 Å². The molecule has 140 valence electrons. The van der Waals surface area contributed by atoms with E-state index >= 15 is 0 Å². The van der Waals surface area contributed by atoms with Gasteiger partial charge in [-0.05, 0) is 45.3 Å². The number of hydrogen-bond acceptors (Lipinski definition) is 5. The molecule has 5 nitrogen and oxygen atoms in total. The molecule has 2 aliphatic heterocycles. The van der Waals surface area contributed by atoms with Crippen molar-refractivity contribution >= 4 is 34.2 Å². The number of thiazole rings is 1. The summed E-state index contributed by atoms with van der Waals surface area (Å²) >= 11 is 3.85. The first-order valence-electron chi connectivity index (χ1n) is 9.54. The van der Waals surface area contributed by atoms with Gasteiger partial charge in [0.2, 0.25) is 0 Å². The molecular formula is C18H31N5S2. The highest BCUT2D eigenvalue weighted by molar-refractivity contribution is 8.00. The summed E-state index contributed by atoms with van der Waals surface area (Å²) in [6.07, 6.45) is 6.15. The van der Waals surface area contributed by atoms with E-state index in [1.165, 1.54) is 55.4 Å². The van der Waals surface area contributed by atoms with Crippen molar-refractivity contribution in [3.8, 4) is 0 Å². The Morgan fingerprint density at radius 1 is 1.32 bits per heavy atom. The molecule has 0 amide bonds. The zero-order chi connectivity index (χ0) is 17.5. The van der Waals surface area contributed by atoms with Crippen molar-refractivity contribution in [2.45, 2.75) is 50.7 Å². The summed E-state index contributed by atoms with van der Waals surface area (Å²) in [7, 11) is 0. The van der Waals surface area contributed by atoms with E-state index in [0.717, 1.165) is 32.0 Å². The summed E-state index contributed by atoms with van der Waals surface area (Å²) in [5.41, 5.74) is 1.19. The molecular weight excluding hydrogens is 350 g/mol. The minimum Gasteiger partial charge on any atom is -0.357 e. The Bertz CT molecular complexity index is 560. The first-order valence-corrected chi connectivity index (χ1v) is 11.4. The summed E-state index contributed by atoms with van der Waals surface area (Å²) < 4.78 is 0.321. The van der Waals surface area contributed by atoms with Gasteiger partial charge < -0.3 is 15.5 Å². The lowest BCUT2D eigenvalue weighted by molar-refractivity contribution is 0.614. The smallest absolute Gasteiger partial charge is 0.191 e. The molecule has 2 N–H and O–H groups in total. The maximum Gasteiger partial charge on any atom is 0.191 e. The molecule has 0 aromatic carbocycles. The van der Waals surface area contributed by atoms with E-state index in [2.05, 4.69) is 46.5 Å². The van der Waals surface area contributed by atoms with Crippen LogP contribution in [0.25, 0.3) is 0 Å².